The molecule has 0 aromatic heterocycles. The molecule has 1 fully saturated rings. The highest BCUT2D eigenvalue weighted by Crippen LogP contribution is 2.24. The molecule has 0 aliphatic heterocycles. The van der Waals surface area contributed by atoms with E-state index in [2.05, 4.69) is 10.1 Å². The number of amides is 1. The van der Waals surface area contributed by atoms with Crippen molar-refractivity contribution in [3.05, 3.63) is 29.8 Å². The van der Waals surface area contributed by atoms with Crippen molar-refractivity contribution in [3.8, 4) is 0 Å². The molecule has 1 amide bonds. The quantitative estimate of drug-likeness (QED) is 0.745. The monoisotopic (exact) mass is 340 g/mol. The number of benzene rings is 1. The minimum absolute atomic E-state index is 0.0269. The standard InChI is InChI=1S/C15H20N2O5S/c1-22-15(19)12-5-3-4-6-13(12)17(23(2,20)21)10-9-14(18)16-11-7-8-11/h3-6,11H,7-10H2,1-2H3,(H,16,18). The number of esters is 1. The molecular weight excluding hydrogens is 320 g/mol. The first-order valence-electron chi connectivity index (χ1n) is 7.27. The van der Waals surface area contributed by atoms with E-state index in [1.165, 1.54) is 19.2 Å². The average molecular weight is 340 g/mol. The van der Waals surface area contributed by atoms with Crippen LogP contribution in [0, 0.1) is 0 Å². The van der Waals surface area contributed by atoms with Gasteiger partial charge < -0.3 is 10.1 Å². The lowest BCUT2D eigenvalue weighted by molar-refractivity contribution is -0.121. The molecule has 7 nitrogen and oxygen atoms in total. The maximum absolute atomic E-state index is 12.1. The van der Waals surface area contributed by atoms with Crippen LogP contribution in [0.5, 0.6) is 0 Å². The maximum Gasteiger partial charge on any atom is 0.340 e. The van der Waals surface area contributed by atoms with Crippen molar-refractivity contribution in [2.45, 2.75) is 25.3 Å². The fourth-order valence-electron chi connectivity index (χ4n) is 2.17. The number of sulfonamides is 1. The van der Waals surface area contributed by atoms with Crippen molar-refractivity contribution in [2.24, 2.45) is 0 Å². The molecule has 0 unspecified atom stereocenters. The molecule has 1 aliphatic carbocycles. The van der Waals surface area contributed by atoms with Crippen LogP contribution in [-0.4, -0.2) is 46.2 Å². The van der Waals surface area contributed by atoms with E-state index in [9.17, 15) is 18.0 Å². The smallest absolute Gasteiger partial charge is 0.340 e. The Hall–Kier alpha value is -2.09. The van der Waals surface area contributed by atoms with Gasteiger partial charge in [0.1, 0.15) is 0 Å². The van der Waals surface area contributed by atoms with Crippen LogP contribution in [0.3, 0.4) is 0 Å². The van der Waals surface area contributed by atoms with E-state index in [0.717, 1.165) is 23.4 Å². The predicted octanol–water partition coefficient (Wildman–Crippen LogP) is 0.908. The van der Waals surface area contributed by atoms with Gasteiger partial charge in [0.25, 0.3) is 0 Å². The highest BCUT2D eigenvalue weighted by atomic mass is 32.2. The first-order chi connectivity index (χ1) is 10.8. The van der Waals surface area contributed by atoms with Gasteiger partial charge in [0.15, 0.2) is 0 Å². The Labute approximate surface area is 135 Å². The van der Waals surface area contributed by atoms with Crippen LogP contribution in [0.15, 0.2) is 24.3 Å². The molecule has 1 aromatic carbocycles. The average Bonchev–Trinajstić information content (AvgIpc) is 3.29. The van der Waals surface area contributed by atoms with Gasteiger partial charge in [0.05, 0.1) is 24.6 Å². The van der Waals surface area contributed by atoms with Crippen LogP contribution in [-0.2, 0) is 19.6 Å². The van der Waals surface area contributed by atoms with Gasteiger partial charge >= 0.3 is 5.97 Å². The van der Waals surface area contributed by atoms with E-state index in [4.69, 9.17) is 0 Å². The van der Waals surface area contributed by atoms with Crippen molar-refractivity contribution >= 4 is 27.6 Å². The minimum atomic E-state index is -3.65. The predicted molar refractivity (Wildman–Crippen MR) is 85.8 cm³/mol. The molecule has 0 bridgehead atoms. The van der Waals surface area contributed by atoms with Crippen molar-refractivity contribution in [3.63, 3.8) is 0 Å². The summed E-state index contributed by atoms with van der Waals surface area (Å²) in [7, 11) is -2.42. The largest absolute Gasteiger partial charge is 0.465 e. The SMILES string of the molecule is COC(=O)c1ccccc1N(CCC(=O)NC1CC1)S(C)(=O)=O. The lowest BCUT2D eigenvalue weighted by Gasteiger charge is -2.24. The molecule has 0 saturated heterocycles. The Bertz CT molecular complexity index is 698. The van der Waals surface area contributed by atoms with Gasteiger partial charge in [-0.3, -0.25) is 9.10 Å². The van der Waals surface area contributed by atoms with Crippen LogP contribution in [0.4, 0.5) is 5.69 Å². The van der Waals surface area contributed by atoms with E-state index in [0.29, 0.717) is 0 Å². The molecule has 0 radical (unpaired) electrons. The summed E-state index contributed by atoms with van der Waals surface area (Å²) in [6.45, 7) is -0.0363. The summed E-state index contributed by atoms with van der Waals surface area (Å²) in [6, 6.07) is 6.48. The number of nitrogens with one attached hydrogen (secondary N) is 1. The van der Waals surface area contributed by atoms with Gasteiger partial charge in [-0.15, -0.1) is 0 Å². The topological polar surface area (TPSA) is 92.8 Å². The Kier molecular flexibility index (Phi) is 5.25. The molecular formula is C15H20N2O5S. The first-order valence-corrected chi connectivity index (χ1v) is 9.12. The Balaban J connectivity index is 2.21. The highest BCUT2D eigenvalue weighted by Gasteiger charge is 2.26. The van der Waals surface area contributed by atoms with Crippen LogP contribution >= 0.6 is 0 Å². The number of carbonyl (C=O) groups excluding carboxylic acids is 2. The third-order valence-electron chi connectivity index (χ3n) is 3.46. The van der Waals surface area contributed by atoms with E-state index in [1.807, 2.05) is 0 Å². The van der Waals surface area contributed by atoms with Crippen molar-refractivity contribution in [2.75, 3.05) is 24.2 Å². The Morgan fingerprint density at radius 1 is 1.30 bits per heavy atom. The molecule has 1 aliphatic rings. The summed E-state index contributed by atoms with van der Waals surface area (Å²) in [5, 5.41) is 2.81. The second-order valence-corrected chi connectivity index (χ2v) is 7.34. The highest BCUT2D eigenvalue weighted by molar-refractivity contribution is 7.92. The number of nitrogens with zero attached hydrogens (tertiary/aromatic N) is 1. The molecule has 8 heteroatoms. The minimum Gasteiger partial charge on any atom is -0.465 e. The van der Waals surface area contributed by atoms with Crippen LogP contribution < -0.4 is 9.62 Å². The van der Waals surface area contributed by atoms with Crippen LogP contribution in [0.2, 0.25) is 0 Å². The number of hydrogen-bond donors (Lipinski definition) is 1. The van der Waals surface area contributed by atoms with Gasteiger partial charge in [-0.2, -0.15) is 0 Å². The molecule has 23 heavy (non-hydrogen) atoms. The maximum atomic E-state index is 12.1. The summed E-state index contributed by atoms with van der Waals surface area (Å²) in [4.78, 5) is 23.6. The molecule has 1 N–H and O–H groups in total. The van der Waals surface area contributed by atoms with E-state index < -0.39 is 16.0 Å². The summed E-state index contributed by atoms with van der Waals surface area (Å²) in [6.07, 6.45) is 3.00. The first kappa shape index (κ1) is 17.3. The number of carbonyl (C=O) groups is 2. The number of rotatable bonds is 7. The van der Waals surface area contributed by atoms with Crippen LogP contribution in [0.25, 0.3) is 0 Å². The van der Waals surface area contributed by atoms with E-state index in [1.54, 1.807) is 12.1 Å². The number of para-hydroxylation sites is 1. The lowest BCUT2D eigenvalue weighted by atomic mass is 10.1. The van der Waals surface area contributed by atoms with Crippen LogP contribution in [0.1, 0.15) is 29.6 Å². The number of ether oxygens (including phenoxy) is 1. The second-order valence-electron chi connectivity index (χ2n) is 5.44. The molecule has 1 aromatic rings. The summed E-state index contributed by atoms with van der Waals surface area (Å²) < 4.78 is 29.9. The fraction of sp³-hybridized carbons (Fsp3) is 0.467. The normalized spacial score (nSPS) is 14.2. The third kappa shape index (κ3) is 4.69. The number of anilines is 1. The van der Waals surface area contributed by atoms with E-state index >= 15 is 0 Å². The molecule has 2 rings (SSSR count). The number of methoxy groups -OCH3 is 1. The molecule has 1 saturated carbocycles. The zero-order valence-corrected chi connectivity index (χ0v) is 13.9. The molecule has 0 heterocycles. The van der Waals surface area contributed by atoms with Crippen molar-refractivity contribution < 1.29 is 22.7 Å². The summed E-state index contributed by atoms with van der Waals surface area (Å²) in [5.74, 6) is -0.826. The lowest BCUT2D eigenvalue weighted by Crippen LogP contribution is -2.36. The molecule has 0 spiro atoms. The van der Waals surface area contributed by atoms with Gasteiger partial charge in [0.2, 0.25) is 15.9 Å². The van der Waals surface area contributed by atoms with Crippen molar-refractivity contribution in [1.82, 2.24) is 5.32 Å². The van der Waals surface area contributed by atoms with Gasteiger partial charge in [-0.05, 0) is 25.0 Å². The second kappa shape index (κ2) is 6.99. The van der Waals surface area contributed by atoms with Gasteiger partial charge in [-0.25, -0.2) is 13.2 Å². The Morgan fingerprint density at radius 3 is 2.52 bits per heavy atom. The van der Waals surface area contributed by atoms with Gasteiger partial charge in [-0.1, -0.05) is 12.1 Å². The van der Waals surface area contributed by atoms with Crippen molar-refractivity contribution in [1.29, 1.82) is 0 Å². The van der Waals surface area contributed by atoms with Gasteiger partial charge in [0, 0.05) is 19.0 Å². The zero-order valence-electron chi connectivity index (χ0n) is 13.1. The van der Waals surface area contributed by atoms with E-state index in [-0.39, 0.29) is 36.2 Å². The Morgan fingerprint density at radius 2 is 1.96 bits per heavy atom. The summed E-state index contributed by atoms with van der Waals surface area (Å²) >= 11 is 0. The molecule has 0 atom stereocenters. The molecule has 126 valence electrons. The zero-order chi connectivity index (χ0) is 17.0. The number of hydrogen-bond acceptors (Lipinski definition) is 5. The fourth-order valence-corrected chi connectivity index (χ4v) is 3.11. The third-order valence-corrected chi connectivity index (χ3v) is 4.64. The summed E-state index contributed by atoms with van der Waals surface area (Å²) in [5.41, 5.74) is 0.351.